The van der Waals surface area contributed by atoms with Gasteiger partial charge < -0.3 is 10.2 Å². The van der Waals surface area contributed by atoms with Crippen molar-refractivity contribution in [3.63, 3.8) is 0 Å². The van der Waals surface area contributed by atoms with Crippen molar-refractivity contribution in [2.45, 2.75) is 39.3 Å². The summed E-state index contributed by atoms with van der Waals surface area (Å²) in [7, 11) is 0. The molecule has 1 aliphatic heterocycles. The van der Waals surface area contributed by atoms with Gasteiger partial charge in [-0.25, -0.2) is 9.07 Å². The van der Waals surface area contributed by atoms with Gasteiger partial charge in [-0.2, -0.15) is 5.10 Å². The number of amides is 1. The van der Waals surface area contributed by atoms with Gasteiger partial charge in [-0.1, -0.05) is 6.92 Å². The number of nitrogens with zero attached hydrogens (tertiary/aromatic N) is 3. The van der Waals surface area contributed by atoms with Gasteiger partial charge in [0.05, 0.1) is 17.4 Å². The summed E-state index contributed by atoms with van der Waals surface area (Å²) in [6.07, 6.45) is 4.00. The van der Waals surface area contributed by atoms with E-state index in [4.69, 9.17) is 0 Å². The van der Waals surface area contributed by atoms with Crippen LogP contribution in [0.25, 0.3) is 5.69 Å². The molecule has 1 N–H and O–H groups in total. The van der Waals surface area contributed by atoms with E-state index in [9.17, 15) is 9.18 Å². The smallest absolute Gasteiger partial charge is 0.239 e. The summed E-state index contributed by atoms with van der Waals surface area (Å²) in [5.74, 6) is 0.602. The first-order chi connectivity index (χ1) is 12.0. The van der Waals surface area contributed by atoms with Gasteiger partial charge in [0.25, 0.3) is 0 Å². The fourth-order valence-electron chi connectivity index (χ4n) is 3.04. The van der Waals surface area contributed by atoms with Crippen LogP contribution < -0.4 is 5.32 Å². The number of hydrogen-bond donors (Lipinski definition) is 1. The second-order valence-electron chi connectivity index (χ2n) is 6.84. The maximum absolute atomic E-state index is 13.0. The van der Waals surface area contributed by atoms with Crippen molar-refractivity contribution in [1.29, 1.82) is 0 Å². The Hall–Kier alpha value is -2.21. The molecular formula is C19H25FN4O. The molecule has 134 valence electrons. The molecule has 5 nitrogen and oxygen atoms in total. The van der Waals surface area contributed by atoms with Crippen LogP contribution >= 0.6 is 0 Å². The van der Waals surface area contributed by atoms with Gasteiger partial charge in [-0.05, 0) is 56.0 Å². The van der Waals surface area contributed by atoms with E-state index in [1.54, 1.807) is 16.8 Å². The van der Waals surface area contributed by atoms with Gasteiger partial charge >= 0.3 is 0 Å². The fraction of sp³-hybridized carbons (Fsp3) is 0.474. The number of carbonyl (C=O) groups is 1. The topological polar surface area (TPSA) is 50.2 Å². The number of nitrogens with one attached hydrogen (secondary N) is 1. The zero-order chi connectivity index (χ0) is 17.8. The maximum atomic E-state index is 13.0. The number of hydrogen-bond acceptors (Lipinski definition) is 3. The molecule has 0 bridgehead atoms. The molecule has 1 fully saturated rings. The van der Waals surface area contributed by atoms with Crippen molar-refractivity contribution >= 4 is 5.91 Å². The minimum absolute atomic E-state index is 0.157. The normalized spacial score (nSPS) is 16.8. The second-order valence-corrected chi connectivity index (χ2v) is 6.84. The van der Waals surface area contributed by atoms with E-state index >= 15 is 0 Å². The number of benzene rings is 1. The summed E-state index contributed by atoms with van der Waals surface area (Å²) >= 11 is 0. The Balaban J connectivity index is 1.53. The second kappa shape index (κ2) is 7.78. The lowest BCUT2D eigenvalue weighted by Crippen LogP contribution is -2.47. The Morgan fingerprint density at radius 2 is 1.96 bits per heavy atom. The summed E-state index contributed by atoms with van der Waals surface area (Å²) in [6, 6.07) is 7.86. The molecule has 1 aliphatic rings. The Bertz CT molecular complexity index is 704. The van der Waals surface area contributed by atoms with Crippen LogP contribution in [0.15, 0.2) is 36.5 Å². The van der Waals surface area contributed by atoms with Crippen LogP contribution in [0, 0.1) is 11.7 Å². The molecule has 3 rings (SSSR count). The number of rotatable bonds is 5. The first-order valence-electron chi connectivity index (χ1n) is 8.85. The Labute approximate surface area is 147 Å². The largest absolute Gasteiger partial charge is 0.341 e. The van der Waals surface area contributed by atoms with Gasteiger partial charge in [-0.15, -0.1) is 0 Å². The monoisotopic (exact) mass is 344 g/mol. The number of carbonyl (C=O) groups excluding carboxylic acids is 1. The molecule has 1 unspecified atom stereocenters. The highest BCUT2D eigenvalue weighted by Crippen LogP contribution is 2.16. The van der Waals surface area contributed by atoms with Crippen LogP contribution in [0.5, 0.6) is 0 Å². The van der Waals surface area contributed by atoms with E-state index in [0.29, 0.717) is 12.5 Å². The molecule has 0 radical (unpaired) electrons. The zero-order valence-corrected chi connectivity index (χ0v) is 14.8. The van der Waals surface area contributed by atoms with Gasteiger partial charge in [0.15, 0.2) is 0 Å². The Morgan fingerprint density at radius 3 is 2.64 bits per heavy atom. The predicted molar refractivity (Wildman–Crippen MR) is 94.8 cm³/mol. The SMILES string of the molecule is CC1CCN(C(=O)C(C)NCc2ccn(-c3ccc(F)cc3)n2)CC1. The number of piperidine rings is 1. The molecule has 1 amide bonds. The van der Waals surface area contributed by atoms with Gasteiger partial charge in [0.2, 0.25) is 5.91 Å². The van der Waals surface area contributed by atoms with Gasteiger partial charge in [-0.3, -0.25) is 4.79 Å². The summed E-state index contributed by atoms with van der Waals surface area (Å²) in [5.41, 5.74) is 1.65. The van der Waals surface area contributed by atoms with Crippen LogP contribution in [0.2, 0.25) is 0 Å². The fourth-order valence-corrected chi connectivity index (χ4v) is 3.04. The number of halogens is 1. The molecule has 2 heterocycles. The summed E-state index contributed by atoms with van der Waals surface area (Å²) in [6.45, 7) is 6.36. The third-order valence-electron chi connectivity index (χ3n) is 4.79. The van der Waals surface area contributed by atoms with Crippen molar-refractivity contribution in [3.8, 4) is 5.69 Å². The molecule has 6 heteroatoms. The molecule has 2 aromatic rings. The van der Waals surface area contributed by atoms with Crippen molar-refractivity contribution < 1.29 is 9.18 Å². The van der Waals surface area contributed by atoms with Crippen molar-refractivity contribution in [1.82, 2.24) is 20.0 Å². The van der Waals surface area contributed by atoms with Crippen molar-refractivity contribution in [3.05, 3.63) is 48.0 Å². The maximum Gasteiger partial charge on any atom is 0.239 e. The highest BCUT2D eigenvalue weighted by Gasteiger charge is 2.24. The van der Waals surface area contributed by atoms with Crippen LogP contribution in [-0.4, -0.2) is 39.7 Å². The van der Waals surface area contributed by atoms with Crippen LogP contribution in [-0.2, 0) is 11.3 Å². The molecule has 25 heavy (non-hydrogen) atoms. The lowest BCUT2D eigenvalue weighted by atomic mass is 9.99. The van der Waals surface area contributed by atoms with E-state index in [1.165, 1.54) is 12.1 Å². The number of likely N-dealkylation sites (tertiary alicyclic amines) is 1. The zero-order valence-electron chi connectivity index (χ0n) is 14.8. The lowest BCUT2D eigenvalue weighted by Gasteiger charge is -2.32. The highest BCUT2D eigenvalue weighted by molar-refractivity contribution is 5.81. The molecule has 1 saturated heterocycles. The van der Waals surface area contributed by atoms with E-state index in [0.717, 1.165) is 37.3 Å². The Morgan fingerprint density at radius 1 is 1.28 bits per heavy atom. The average molecular weight is 344 g/mol. The molecule has 0 spiro atoms. The molecule has 1 aromatic carbocycles. The molecule has 1 aromatic heterocycles. The Kier molecular flexibility index (Phi) is 5.48. The van der Waals surface area contributed by atoms with Crippen molar-refractivity contribution in [2.75, 3.05) is 13.1 Å². The van der Waals surface area contributed by atoms with E-state index in [1.807, 2.05) is 24.1 Å². The van der Waals surface area contributed by atoms with Gasteiger partial charge in [0.1, 0.15) is 5.82 Å². The van der Waals surface area contributed by atoms with Crippen LogP contribution in [0.4, 0.5) is 4.39 Å². The van der Waals surface area contributed by atoms with Crippen molar-refractivity contribution in [2.24, 2.45) is 5.92 Å². The first kappa shape index (κ1) is 17.6. The van der Waals surface area contributed by atoms with Crippen LogP contribution in [0.3, 0.4) is 0 Å². The quantitative estimate of drug-likeness (QED) is 0.907. The minimum atomic E-state index is -0.266. The average Bonchev–Trinajstić information content (AvgIpc) is 3.09. The third kappa shape index (κ3) is 4.45. The predicted octanol–water partition coefficient (Wildman–Crippen LogP) is 2.75. The summed E-state index contributed by atoms with van der Waals surface area (Å²) < 4.78 is 14.7. The van der Waals surface area contributed by atoms with Gasteiger partial charge in [0, 0.05) is 25.8 Å². The lowest BCUT2D eigenvalue weighted by molar-refractivity contribution is -0.134. The third-order valence-corrected chi connectivity index (χ3v) is 4.79. The summed E-state index contributed by atoms with van der Waals surface area (Å²) in [4.78, 5) is 14.4. The number of aromatic nitrogens is 2. The molecular weight excluding hydrogens is 319 g/mol. The first-order valence-corrected chi connectivity index (χ1v) is 8.85. The van der Waals surface area contributed by atoms with E-state index < -0.39 is 0 Å². The van der Waals surface area contributed by atoms with Crippen LogP contribution in [0.1, 0.15) is 32.4 Å². The molecule has 0 aliphatic carbocycles. The molecule has 0 saturated carbocycles. The summed E-state index contributed by atoms with van der Waals surface area (Å²) in [5, 5.41) is 7.72. The minimum Gasteiger partial charge on any atom is -0.341 e. The van der Waals surface area contributed by atoms with E-state index in [-0.39, 0.29) is 17.8 Å². The standard InChI is InChI=1S/C19H25FN4O/c1-14-7-10-23(11-8-14)19(25)15(2)21-13-17-9-12-24(22-17)18-5-3-16(20)4-6-18/h3-6,9,12,14-15,21H,7-8,10-11,13H2,1-2H3. The highest BCUT2D eigenvalue weighted by atomic mass is 19.1. The van der Waals surface area contributed by atoms with E-state index in [2.05, 4.69) is 17.3 Å². The molecule has 1 atom stereocenters.